The number of hydrogen-bond donors (Lipinski definition) is 0. The lowest BCUT2D eigenvalue weighted by molar-refractivity contribution is 0.0669. The van der Waals surface area contributed by atoms with E-state index in [1.54, 1.807) is 18.3 Å². The van der Waals surface area contributed by atoms with E-state index in [0.29, 0.717) is 16.6 Å². The first-order chi connectivity index (χ1) is 10.2. The molecule has 1 amide bonds. The molecule has 0 N–H and O–H groups in total. The number of aromatic nitrogens is 1. The van der Waals surface area contributed by atoms with Crippen molar-refractivity contribution in [2.45, 2.75) is 26.7 Å². The van der Waals surface area contributed by atoms with Gasteiger partial charge in [-0.25, -0.2) is 4.98 Å². The summed E-state index contributed by atoms with van der Waals surface area (Å²) in [6, 6.07) is 3.51. The first-order valence-electron chi connectivity index (χ1n) is 7.77. The molecule has 2 rings (SSSR count). The predicted octanol–water partition coefficient (Wildman–Crippen LogP) is 2.93. The van der Waals surface area contributed by atoms with Crippen molar-refractivity contribution in [1.29, 1.82) is 0 Å². The van der Waals surface area contributed by atoms with Gasteiger partial charge in [0.2, 0.25) is 0 Å². The van der Waals surface area contributed by atoms with Gasteiger partial charge in [-0.05, 0) is 44.0 Å². The van der Waals surface area contributed by atoms with Crippen LogP contribution in [0.3, 0.4) is 0 Å². The van der Waals surface area contributed by atoms with Crippen molar-refractivity contribution in [3.63, 3.8) is 0 Å². The summed E-state index contributed by atoms with van der Waals surface area (Å²) >= 11 is 6.01. The summed E-state index contributed by atoms with van der Waals surface area (Å²) in [5.41, 5.74) is 0.515. The van der Waals surface area contributed by atoms with Crippen LogP contribution in [-0.2, 0) is 0 Å². The Bertz CT molecular complexity index is 468. The number of piperidine rings is 1. The maximum atomic E-state index is 12.5. The molecule has 1 fully saturated rings. The first-order valence-corrected chi connectivity index (χ1v) is 8.15. The van der Waals surface area contributed by atoms with Crippen LogP contribution in [0.5, 0.6) is 0 Å². The number of likely N-dealkylation sites (tertiary alicyclic amines) is 1. The fraction of sp³-hybridized carbons (Fsp3) is 0.625. The van der Waals surface area contributed by atoms with Gasteiger partial charge in [-0.2, -0.15) is 0 Å². The molecule has 0 spiro atoms. The number of carbonyl (C=O) groups is 1. The van der Waals surface area contributed by atoms with Crippen LogP contribution in [0, 0.1) is 5.92 Å². The minimum absolute atomic E-state index is 0.00869. The fourth-order valence-electron chi connectivity index (χ4n) is 2.88. The SMILES string of the molecule is CCN(CC)CC1CCN(C(=O)c2cccnc2Cl)CC1. The molecule has 0 bridgehead atoms. The van der Waals surface area contributed by atoms with Gasteiger partial charge in [0, 0.05) is 25.8 Å². The highest BCUT2D eigenvalue weighted by atomic mass is 35.5. The van der Waals surface area contributed by atoms with Crippen LogP contribution in [0.4, 0.5) is 0 Å². The van der Waals surface area contributed by atoms with Crippen LogP contribution in [0.15, 0.2) is 18.3 Å². The molecule has 0 aliphatic carbocycles. The molecule has 1 aromatic heterocycles. The third-order valence-corrected chi connectivity index (χ3v) is 4.60. The van der Waals surface area contributed by atoms with E-state index in [-0.39, 0.29) is 5.91 Å². The van der Waals surface area contributed by atoms with Crippen LogP contribution in [0.2, 0.25) is 5.15 Å². The van der Waals surface area contributed by atoms with E-state index >= 15 is 0 Å². The Hall–Kier alpha value is -1.13. The van der Waals surface area contributed by atoms with Gasteiger partial charge in [0.1, 0.15) is 5.15 Å². The van der Waals surface area contributed by atoms with Gasteiger partial charge in [-0.3, -0.25) is 4.79 Å². The molecule has 1 aromatic rings. The summed E-state index contributed by atoms with van der Waals surface area (Å²) in [7, 11) is 0. The number of hydrogen-bond acceptors (Lipinski definition) is 3. The maximum Gasteiger partial charge on any atom is 0.256 e. The molecule has 0 unspecified atom stereocenters. The lowest BCUT2D eigenvalue weighted by Crippen LogP contribution is -2.41. The lowest BCUT2D eigenvalue weighted by atomic mass is 9.95. The van der Waals surface area contributed by atoms with Crippen LogP contribution in [0.25, 0.3) is 0 Å². The number of halogens is 1. The molecule has 2 heterocycles. The van der Waals surface area contributed by atoms with E-state index in [2.05, 4.69) is 23.7 Å². The van der Waals surface area contributed by atoms with Crippen LogP contribution >= 0.6 is 11.6 Å². The van der Waals surface area contributed by atoms with E-state index in [1.807, 2.05) is 4.90 Å². The van der Waals surface area contributed by atoms with Crippen molar-refractivity contribution in [3.8, 4) is 0 Å². The number of rotatable bonds is 5. The highest BCUT2D eigenvalue weighted by Gasteiger charge is 2.25. The third kappa shape index (κ3) is 4.17. The Labute approximate surface area is 132 Å². The van der Waals surface area contributed by atoms with E-state index in [9.17, 15) is 4.79 Å². The van der Waals surface area contributed by atoms with Gasteiger partial charge in [0.05, 0.1) is 5.56 Å². The molecule has 1 aliphatic heterocycles. The van der Waals surface area contributed by atoms with Crippen LogP contribution in [-0.4, -0.2) is 53.4 Å². The molecule has 0 saturated carbocycles. The third-order valence-electron chi connectivity index (χ3n) is 4.30. The van der Waals surface area contributed by atoms with Crippen LogP contribution < -0.4 is 0 Å². The molecule has 1 aliphatic rings. The van der Waals surface area contributed by atoms with Gasteiger partial charge < -0.3 is 9.80 Å². The molecule has 116 valence electrons. The monoisotopic (exact) mass is 309 g/mol. The quantitative estimate of drug-likeness (QED) is 0.785. The molecule has 0 radical (unpaired) electrons. The molecular weight excluding hydrogens is 286 g/mol. The predicted molar refractivity (Wildman–Crippen MR) is 85.7 cm³/mol. The molecule has 21 heavy (non-hydrogen) atoms. The molecular formula is C16H24ClN3O. The standard InChI is InChI=1S/C16H24ClN3O/c1-3-19(4-2)12-13-7-10-20(11-8-13)16(21)14-6-5-9-18-15(14)17/h5-6,9,13H,3-4,7-8,10-12H2,1-2H3. The Morgan fingerprint density at radius 1 is 1.38 bits per heavy atom. The van der Waals surface area contributed by atoms with Crippen LogP contribution in [0.1, 0.15) is 37.0 Å². The smallest absolute Gasteiger partial charge is 0.256 e. The average molecular weight is 310 g/mol. The largest absolute Gasteiger partial charge is 0.339 e. The highest BCUT2D eigenvalue weighted by Crippen LogP contribution is 2.22. The fourth-order valence-corrected chi connectivity index (χ4v) is 3.08. The summed E-state index contributed by atoms with van der Waals surface area (Å²) in [6.07, 6.45) is 3.75. The highest BCUT2D eigenvalue weighted by molar-refractivity contribution is 6.32. The van der Waals surface area contributed by atoms with E-state index in [4.69, 9.17) is 11.6 Å². The van der Waals surface area contributed by atoms with Crippen molar-refractivity contribution >= 4 is 17.5 Å². The molecule has 5 heteroatoms. The first kappa shape index (κ1) is 16.2. The minimum Gasteiger partial charge on any atom is -0.339 e. The zero-order valence-corrected chi connectivity index (χ0v) is 13.6. The van der Waals surface area contributed by atoms with Gasteiger partial charge in [0.25, 0.3) is 5.91 Å². The summed E-state index contributed by atoms with van der Waals surface area (Å²) in [6.45, 7) is 9.37. The second-order valence-electron chi connectivity index (χ2n) is 5.56. The topological polar surface area (TPSA) is 36.4 Å². The summed E-state index contributed by atoms with van der Waals surface area (Å²) in [5.74, 6) is 0.702. The van der Waals surface area contributed by atoms with Gasteiger partial charge in [-0.15, -0.1) is 0 Å². The van der Waals surface area contributed by atoms with Gasteiger partial charge >= 0.3 is 0 Å². The molecule has 1 saturated heterocycles. The zero-order chi connectivity index (χ0) is 15.2. The van der Waals surface area contributed by atoms with Crippen molar-refractivity contribution < 1.29 is 4.79 Å². The maximum absolute atomic E-state index is 12.5. The second kappa shape index (κ2) is 7.76. The van der Waals surface area contributed by atoms with Gasteiger partial charge in [-0.1, -0.05) is 25.4 Å². The van der Waals surface area contributed by atoms with Crippen molar-refractivity contribution in [3.05, 3.63) is 29.0 Å². The van der Waals surface area contributed by atoms with Gasteiger partial charge in [0.15, 0.2) is 0 Å². The second-order valence-corrected chi connectivity index (χ2v) is 5.92. The Morgan fingerprint density at radius 3 is 2.62 bits per heavy atom. The number of amides is 1. The number of carbonyl (C=O) groups excluding carboxylic acids is 1. The summed E-state index contributed by atoms with van der Waals surface area (Å²) < 4.78 is 0. The number of pyridine rings is 1. The minimum atomic E-state index is 0.00869. The molecule has 0 aromatic carbocycles. The lowest BCUT2D eigenvalue weighted by Gasteiger charge is -2.34. The number of nitrogens with zero attached hydrogens (tertiary/aromatic N) is 3. The molecule has 4 nitrogen and oxygen atoms in total. The normalized spacial score (nSPS) is 16.5. The Kier molecular flexibility index (Phi) is 6.00. The van der Waals surface area contributed by atoms with Crippen molar-refractivity contribution in [1.82, 2.24) is 14.8 Å². The average Bonchev–Trinajstić information content (AvgIpc) is 2.53. The van der Waals surface area contributed by atoms with E-state index < -0.39 is 0 Å². The van der Waals surface area contributed by atoms with Crippen molar-refractivity contribution in [2.24, 2.45) is 5.92 Å². The zero-order valence-electron chi connectivity index (χ0n) is 12.9. The van der Waals surface area contributed by atoms with Crippen molar-refractivity contribution in [2.75, 3.05) is 32.7 Å². The van der Waals surface area contributed by atoms with E-state index in [1.165, 1.54) is 0 Å². The Balaban J connectivity index is 1.89. The van der Waals surface area contributed by atoms with E-state index in [0.717, 1.165) is 45.6 Å². The summed E-state index contributed by atoms with van der Waals surface area (Å²) in [5, 5.41) is 0.299. The Morgan fingerprint density at radius 2 is 2.05 bits per heavy atom. The summed E-state index contributed by atoms with van der Waals surface area (Å²) in [4.78, 5) is 20.8. The molecule has 0 atom stereocenters.